The van der Waals surface area contributed by atoms with Crippen molar-refractivity contribution in [2.45, 2.75) is 290 Å². The van der Waals surface area contributed by atoms with E-state index in [9.17, 15) is 14.4 Å². The minimum Gasteiger partial charge on any atom is -0.462 e. The van der Waals surface area contributed by atoms with Gasteiger partial charge in [0.25, 0.3) is 0 Å². The van der Waals surface area contributed by atoms with Gasteiger partial charge in [-0.25, -0.2) is 0 Å². The molecule has 6 nitrogen and oxygen atoms in total. The van der Waals surface area contributed by atoms with E-state index in [2.05, 4.69) is 81.5 Å². The highest BCUT2D eigenvalue weighted by molar-refractivity contribution is 5.71. The second-order valence-corrected chi connectivity index (χ2v) is 18.8. The standard InChI is InChI=1S/C60H106O6/c1-4-7-10-13-16-19-22-25-27-29-30-31-33-35-38-41-44-47-50-53-59(62)65-56-57(55-64-58(61)52-49-46-43-40-37-34-24-21-18-15-12-9-6-3)66-60(63)54-51-48-45-42-39-36-32-28-26-23-20-17-14-11-8-5-2/h16,19-20,23,25,27-28,30-32,57H,4-15,17-18,21-22,24,26,29,33-56H2,1-3H3/b19-16-,23-20-,27-25-,31-30-,32-28-. The minimum atomic E-state index is -0.785. The third kappa shape index (κ3) is 52.1. The van der Waals surface area contributed by atoms with Gasteiger partial charge in [0.2, 0.25) is 0 Å². The number of ether oxygens (including phenoxy) is 3. The van der Waals surface area contributed by atoms with Gasteiger partial charge < -0.3 is 14.2 Å². The summed E-state index contributed by atoms with van der Waals surface area (Å²) in [5.41, 5.74) is 0. The lowest BCUT2D eigenvalue weighted by atomic mass is 10.0. The Hall–Kier alpha value is -2.89. The van der Waals surface area contributed by atoms with Crippen molar-refractivity contribution in [3.63, 3.8) is 0 Å². The number of carbonyl (C=O) groups excluding carboxylic acids is 3. The summed E-state index contributed by atoms with van der Waals surface area (Å²) in [7, 11) is 0. The fourth-order valence-corrected chi connectivity index (χ4v) is 7.95. The number of unbranched alkanes of at least 4 members (excludes halogenated alkanes) is 30. The number of hydrogen-bond donors (Lipinski definition) is 0. The molecule has 0 aliphatic rings. The second kappa shape index (κ2) is 54.7. The van der Waals surface area contributed by atoms with Crippen LogP contribution in [0.25, 0.3) is 0 Å². The Labute approximate surface area is 409 Å². The average molecular weight is 924 g/mol. The van der Waals surface area contributed by atoms with Crippen LogP contribution in [0.1, 0.15) is 284 Å². The molecule has 6 heteroatoms. The van der Waals surface area contributed by atoms with Crippen LogP contribution in [0.5, 0.6) is 0 Å². The van der Waals surface area contributed by atoms with E-state index < -0.39 is 6.10 Å². The van der Waals surface area contributed by atoms with Gasteiger partial charge in [-0.2, -0.15) is 0 Å². The highest BCUT2D eigenvalue weighted by Gasteiger charge is 2.19. The van der Waals surface area contributed by atoms with Crippen molar-refractivity contribution in [1.82, 2.24) is 0 Å². The quantitative estimate of drug-likeness (QED) is 0.0262. The summed E-state index contributed by atoms with van der Waals surface area (Å²) in [6.07, 6.45) is 67.7. The van der Waals surface area contributed by atoms with E-state index in [0.29, 0.717) is 19.3 Å². The summed E-state index contributed by atoms with van der Waals surface area (Å²) >= 11 is 0. The molecule has 1 atom stereocenters. The third-order valence-corrected chi connectivity index (χ3v) is 12.2. The highest BCUT2D eigenvalue weighted by Crippen LogP contribution is 2.15. The molecule has 0 spiro atoms. The molecule has 382 valence electrons. The van der Waals surface area contributed by atoms with Crippen LogP contribution in [0.4, 0.5) is 0 Å². The molecule has 0 bridgehead atoms. The Bertz CT molecular complexity index is 1200. The van der Waals surface area contributed by atoms with Gasteiger partial charge in [-0.1, -0.05) is 236 Å². The molecule has 0 fully saturated rings. The Kier molecular flexibility index (Phi) is 52.3. The van der Waals surface area contributed by atoms with E-state index in [0.717, 1.165) is 103 Å². The van der Waals surface area contributed by atoms with Gasteiger partial charge in [-0.15, -0.1) is 0 Å². The maximum Gasteiger partial charge on any atom is 0.306 e. The summed E-state index contributed by atoms with van der Waals surface area (Å²) < 4.78 is 16.8. The van der Waals surface area contributed by atoms with Crippen LogP contribution in [0.15, 0.2) is 60.8 Å². The molecular formula is C60H106O6. The van der Waals surface area contributed by atoms with Crippen LogP contribution in [0.2, 0.25) is 0 Å². The molecule has 0 aromatic heterocycles. The maximum atomic E-state index is 12.8. The third-order valence-electron chi connectivity index (χ3n) is 12.2. The van der Waals surface area contributed by atoms with E-state index in [4.69, 9.17) is 14.2 Å². The summed E-state index contributed by atoms with van der Waals surface area (Å²) in [5.74, 6) is -0.899. The molecule has 66 heavy (non-hydrogen) atoms. The van der Waals surface area contributed by atoms with E-state index in [-0.39, 0.29) is 31.1 Å². The molecule has 0 saturated heterocycles. The second-order valence-electron chi connectivity index (χ2n) is 18.8. The zero-order valence-corrected chi connectivity index (χ0v) is 43.7. The van der Waals surface area contributed by atoms with Crippen molar-refractivity contribution in [3.05, 3.63) is 60.8 Å². The molecule has 1 unspecified atom stereocenters. The lowest BCUT2D eigenvalue weighted by molar-refractivity contribution is -0.167. The molecule has 0 saturated carbocycles. The molecule has 0 amide bonds. The topological polar surface area (TPSA) is 78.9 Å². The van der Waals surface area contributed by atoms with Gasteiger partial charge in [0.15, 0.2) is 6.10 Å². The van der Waals surface area contributed by atoms with Crippen LogP contribution >= 0.6 is 0 Å². The first-order valence-corrected chi connectivity index (χ1v) is 28.3. The Morgan fingerprint density at radius 3 is 0.894 bits per heavy atom. The molecule has 0 aliphatic carbocycles. The van der Waals surface area contributed by atoms with E-state index in [1.54, 1.807) is 0 Å². The van der Waals surface area contributed by atoms with Gasteiger partial charge in [-0.3, -0.25) is 14.4 Å². The van der Waals surface area contributed by atoms with Crippen molar-refractivity contribution in [1.29, 1.82) is 0 Å². The largest absolute Gasteiger partial charge is 0.462 e. The van der Waals surface area contributed by atoms with Crippen LogP contribution in [0, 0.1) is 0 Å². The normalized spacial score (nSPS) is 12.5. The highest BCUT2D eigenvalue weighted by atomic mass is 16.6. The number of carbonyl (C=O) groups is 3. The maximum absolute atomic E-state index is 12.8. The smallest absolute Gasteiger partial charge is 0.306 e. The lowest BCUT2D eigenvalue weighted by Gasteiger charge is -2.18. The first-order chi connectivity index (χ1) is 32.5. The first kappa shape index (κ1) is 63.1. The molecule has 0 N–H and O–H groups in total. The molecule has 0 radical (unpaired) electrons. The van der Waals surface area contributed by atoms with Crippen LogP contribution in [-0.2, 0) is 28.6 Å². The average Bonchev–Trinajstić information content (AvgIpc) is 3.31. The fourth-order valence-electron chi connectivity index (χ4n) is 7.95. The summed E-state index contributed by atoms with van der Waals surface area (Å²) in [6, 6.07) is 0. The van der Waals surface area contributed by atoms with E-state index in [1.807, 2.05) is 0 Å². The van der Waals surface area contributed by atoms with Crippen LogP contribution < -0.4 is 0 Å². The Balaban J connectivity index is 4.40. The summed E-state index contributed by atoms with van der Waals surface area (Å²) in [5, 5.41) is 0. The van der Waals surface area contributed by atoms with E-state index in [1.165, 1.54) is 141 Å². The zero-order valence-electron chi connectivity index (χ0n) is 43.7. The van der Waals surface area contributed by atoms with Gasteiger partial charge >= 0.3 is 17.9 Å². The molecule has 0 aliphatic heterocycles. The van der Waals surface area contributed by atoms with Crippen molar-refractivity contribution < 1.29 is 28.6 Å². The summed E-state index contributed by atoms with van der Waals surface area (Å²) in [6.45, 7) is 6.59. The fraction of sp³-hybridized carbons (Fsp3) is 0.783. The predicted molar refractivity (Wildman–Crippen MR) is 284 cm³/mol. The van der Waals surface area contributed by atoms with Gasteiger partial charge in [0.1, 0.15) is 13.2 Å². The Morgan fingerprint density at radius 1 is 0.303 bits per heavy atom. The van der Waals surface area contributed by atoms with Crippen molar-refractivity contribution in [2.75, 3.05) is 13.2 Å². The van der Waals surface area contributed by atoms with Crippen molar-refractivity contribution in [2.24, 2.45) is 0 Å². The number of esters is 3. The van der Waals surface area contributed by atoms with E-state index >= 15 is 0 Å². The minimum absolute atomic E-state index is 0.0820. The molecule has 0 rings (SSSR count). The molecule has 0 heterocycles. The SMILES string of the molecule is CCCCC/C=C\C/C=C\C/C=C\CCCCCCCCC(=O)OCC(COC(=O)CCCCCCCCCCCCCCC)OC(=O)CCCCCCC/C=C\C/C=C\CCCCCC. The molecule has 0 aromatic rings. The number of hydrogen-bond acceptors (Lipinski definition) is 6. The monoisotopic (exact) mass is 923 g/mol. The Morgan fingerprint density at radius 2 is 0.545 bits per heavy atom. The van der Waals surface area contributed by atoms with Crippen molar-refractivity contribution in [3.8, 4) is 0 Å². The molecule has 0 aromatic carbocycles. The zero-order chi connectivity index (χ0) is 47.9. The van der Waals surface area contributed by atoms with Crippen molar-refractivity contribution >= 4 is 17.9 Å². The van der Waals surface area contributed by atoms with Crippen LogP contribution in [-0.4, -0.2) is 37.2 Å². The van der Waals surface area contributed by atoms with Crippen LogP contribution in [0.3, 0.4) is 0 Å². The number of allylic oxidation sites excluding steroid dienone is 10. The first-order valence-electron chi connectivity index (χ1n) is 28.3. The van der Waals surface area contributed by atoms with Gasteiger partial charge in [-0.05, 0) is 89.9 Å². The molecular weight excluding hydrogens is 817 g/mol. The lowest BCUT2D eigenvalue weighted by Crippen LogP contribution is -2.30. The predicted octanol–water partition coefficient (Wildman–Crippen LogP) is 18.8. The van der Waals surface area contributed by atoms with Gasteiger partial charge in [0.05, 0.1) is 0 Å². The summed E-state index contributed by atoms with van der Waals surface area (Å²) in [4.78, 5) is 38.1. The number of rotatable bonds is 51. The van der Waals surface area contributed by atoms with Gasteiger partial charge in [0, 0.05) is 19.3 Å².